The van der Waals surface area contributed by atoms with Gasteiger partial charge in [-0.1, -0.05) is 30.3 Å². The Morgan fingerprint density at radius 2 is 2.14 bits per heavy atom. The Hall–Kier alpha value is -2.14. The van der Waals surface area contributed by atoms with E-state index >= 15 is 0 Å². The molecule has 0 saturated carbocycles. The van der Waals surface area contributed by atoms with Crippen molar-refractivity contribution < 1.29 is 4.79 Å². The summed E-state index contributed by atoms with van der Waals surface area (Å²) in [5, 5.41) is 7.54. The molecule has 0 spiro atoms. The van der Waals surface area contributed by atoms with Gasteiger partial charge in [-0.2, -0.15) is 5.10 Å². The average molecular weight is 298 g/mol. The summed E-state index contributed by atoms with van der Waals surface area (Å²) in [4.78, 5) is 14.7. The van der Waals surface area contributed by atoms with Crippen LogP contribution in [0.25, 0.3) is 0 Å². The van der Waals surface area contributed by atoms with Gasteiger partial charge in [-0.25, -0.2) is 0 Å². The number of aryl methyl sites for hydroxylation is 2. The van der Waals surface area contributed by atoms with Crippen LogP contribution in [0.4, 0.5) is 0 Å². The maximum atomic E-state index is 12.7. The summed E-state index contributed by atoms with van der Waals surface area (Å²) in [7, 11) is 1.91. The number of amides is 1. The Bertz CT molecular complexity index is 623. The summed E-state index contributed by atoms with van der Waals surface area (Å²) < 4.78 is 1.83. The Morgan fingerprint density at radius 3 is 2.86 bits per heavy atom. The molecule has 5 heteroatoms. The Kier molecular flexibility index (Phi) is 4.53. The first-order chi connectivity index (χ1) is 10.8. The number of hydrogen-bond acceptors (Lipinski definition) is 3. The number of hydrogen-bond donors (Lipinski definition) is 1. The van der Waals surface area contributed by atoms with Crippen molar-refractivity contribution in [2.24, 2.45) is 7.05 Å². The quantitative estimate of drug-likeness (QED) is 0.931. The monoisotopic (exact) mass is 298 g/mol. The third-order valence-corrected chi connectivity index (χ3v) is 4.27. The largest absolute Gasteiger partial charge is 0.333 e. The highest BCUT2D eigenvalue weighted by atomic mass is 16.2. The fraction of sp³-hybridized carbons (Fsp3) is 0.412. The molecule has 0 radical (unpaired) electrons. The van der Waals surface area contributed by atoms with Gasteiger partial charge in [0.1, 0.15) is 0 Å². The van der Waals surface area contributed by atoms with Crippen molar-refractivity contribution in [1.29, 1.82) is 0 Å². The molecular formula is C17H22N4O. The molecule has 1 saturated heterocycles. The van der Waals surface area contributed by atoms with E-state index in [9.17, 15) is 4.79 Å². The van der Waals surface area contributed by atoms with E-state index in [-0.39, 0.29) is 11.9 Å². The fourth-order valence-electron chi connectivity index (χ4n) is 3.00. The Labute approximate surface area is 130 Å². The van der Waals surface area contributed by atoms with Crippen molar-refractivity contribution in [3.8, 4) is 0 Å². The lowest BCUT2D eigenvalue weighted by molar-refractivity contribution is -0.134. The smallest absolute Gasteiger partial charge is 0.223 e. The average Bonchev–Trinajstić information content (AvgIpc) is 2.98. The zero-order valence-electron chi connectivity index (χ0n) is 12.9. The molecule has 0 bridgehead atoms. The maximum absolute atomic E-state index is 12.7. The lowest BCUT2D eigenvalue weighted by atomic mass is 10.0. The maximum Gasteiger partial charge on any atom is 0.223 e. The third-order valence-electron chi connectivity index (χ3n) is 4.27. The van der Waals surface area contributed by atoms with Crippen LogP contribution in [0.5, 0.6) is 0 Å². The molecular weight excluding hydrogens is 276 g/mol. The number of piperazine rings is 1. The first-order valence-corrected chi connectivity index (χ1v) is 7.78. The molecule has 5 nitrogen and oxygen atoms in total. The first-order valence-electron chi connectivity index (χ1n) is 7.78. The molecule has 22 heavy (non-hydrogen) atoms. The molecule has 3 rings (SSSR count). The number of rotatable bonds is 4. The van der Waals surface area contributed by atoms with E-state index in [1.165, 1.54) is 5.56 Å². The van der Waals surface area contributed by atoms with Gasteiger partial charge in [-0.15, -0.1) is 0 Å². The van der Waals surface area contributed by atoms with Crippen molar-refractivity contribution in [2.75, 3.05) is 19.6 Å². The number of carbonyl (C=O) groups is 1. The van der Waals surface area contributed by atoms with Crippen LogP contribution in [0.15, 0.2) is 42.6 Å². The van der Waals surface area contributed by atoms with Gasteiger partial charge in [0.2, 0.25) is 5.91 Å². The van der Waals surface area contributed by atoms with E-state index in [2.05, 4.69) is 22.5 Å². The Morgan fingerprint density at radius 1 is 1.32 bits per heavy atom. The highest BCUT2D eigenvalue weighted by molar-refractivity contribution is 5.77. The van der Waals surface area contributed by atoms with Crippen molar-refractivity contribution >= 4 is 5.91 Å². The van der Waals surface area contributed by atoms with Crippen molar-refractivity contribution in [3.63, 3.8) is 0 Å². The van der Waals surface area contributed by atoms with Crippen molar-refractivity contribution in [3.05, 3.63) is 53.9 Å². The summed E-state index contributed by atoms with van der Waals surface area (Å²) in [5.41, 5.74) is 2.29. The molecule has 1 aromatic heterocycles. The normalized spacial score (nSPS) is 18.4. The minimum atomic E-state index is 0.133. The van der Waals surface area contributed by atoms with Crippen molar-refractivity contribution in [2.45, 2.75) is 18.9 Å². The molecule has 2 heterocycles. The van der Waals surface area contributed by atoms with Crippen LogP contribution in [0.3, 0.4) is 0 Å². The van der Waals surface area contributed by atoms with E-state index in [4.69, 9.17) is 0 Å². The van der Waals surface area contributed by atoms with E-state index in [0.29, 0.717) is 6.42 Å². The predicted octanol–water partition coefficient (Wildman–Crippen LogP) is 1.53. The summed E-state index contributed by atoms with van der Waals surface area (Å²) in [6.07, 6.45) is 3.04. The minimum Gasteiger partial charge on any atom is -0.333 e. The number of nitrogens with one attached hydrogen (secondary N) is 1. The van der Waals surface area contributed by atoms with Crippen LogP contribution in [0.1, 0.15) is 23.7 Å². The molecule has 1 atom stereocenters. The lowest BCUT2D eigenvalue weighted by Gasteiger charge is -2.36. The summed E-state index contributed by atoms with van der Waals surface area (Å²) in [5.74, 6) is 0.219. The summed E-state index contributed by atoms with van der Waals surface area (Å²) >= 11 is 0. The number of carbonyl (C=O) groups excluding carboxylic acids is 1. The number of aromatic nitrogens is 2. The molecule has 1 amide bonds. The van der Waals surface area contributed by atoms with Crippen LogP contribution in [0, 0.1) is 0 Å². The van der Waals surface area contributed by atoms with Gasteiger partial charge in [0.15, 0.2) is 0 Å². The Balaban J connectivity index is 1.68. The molecule has 1 fully saturated rings. The van der Waals surface area contributed by atoms with Crippen LogP contribution >= 0.6 is 0 Å². The van der Waals surface area contributed by atoms with Gasteiger partial charge in [0.05, 0.1) is 6.04 Å². The topological polar surface area (TPSA) is 50.2 Å². The molecule has 1 N–H and O–H groups in total. The lowest BCUT2D eigenvalue weighted by Crippen LogP contribution is -2.48. The zero-order valence-corrected chi connectivity index (χ0v) is 12.9. The highest BCUT2D eigenvalue weighted by Crippen LogP contribution is 2.23. The summed E-state index contributed by atoms with van der Waals surface area (Å²) in [6, 6.07) is 12.4. The van der Waals surface area contributed by atoms with Gasteiger partial charge in [-0.05, 0) is 18.1 Å². The van der Waals surface area contributed by atoms with E-state index in [1.807, 2.05) is 40.9 Å². The molecule has 2 aromatic rings. The van der Waals surface area contributed by atoms with Gasteiger partial charge < -0.3 is 10.2 Å². The second-order valence-corrected chi connectivity index (χ2v) is 5.66. The van der Waals surface area contributed by atoms with Crippen LogP contribution < -0.4 is 5.32 Å². The fourth-order valence-corrected chi connectivity index (χ4v) is 3.00. The molecule has 0 aliphatic carbocycles. The number of benzene rings is 1. The molecule has 1 aliphatic rings. The van der Waals surface area contributed by atoms with E-state index < -0.39 is 0 Å². The standard InChI is InChI=1S/C17H22N4O/c1-20-15(9-10-19-20)7-8-17(22)21-12-11-18-13-16(21)14-5-3-2-4-6-14/h2-6,9-10,16,18H,7-8,11-13H2,1H3. The van der Waals surface area contributed by atoms with Gasteiger partial charge in [0, 0.05) is 45.0 Å². The molecule has 1 aliphatic heterocycles. The van der Waals surface area contributed by atoms with Gasteiger partial charge in [0.25, 0.3) is 0 Å². The second kappa shape index (κ2) is 6.75. The van der Waals surface area contributed by atoms with Gasteiger partial charge in [-0.3, -0.25) is 9.48 Å². The van der Waals surface area contributed by atoms with E-state index in [1.54, 1.807) is 6.20 Å². The second-order valence-electron chi connectivity index (χ2n) is 5.66. The van der Waals surface area contributed by atoms with Crippen LogP contribution in [-0.2, 0) is 18.3 Å². The molecule has 1 unspecified atom stereocenters. The molecule has 116 valence electrons. The first kappa shape index (κ1) is 14.8. The third kappa shape index (κ3) is 3.20. The van der Waals surface area contributed by atoms with Crippen molar-refractivity contribution in [1.82, 2.24) is 20.0 Å². The zero-order chi connectivity index (χ0) is 15.4. The van der Waals surface area contributed by atoms with Gasteiger partial charge >= 0.3 is 0 Å². The predicted molar refractivity (Wildman–Crippen MR) is 85.3 cm³/mol. The van der Waals surface area contributed by atoms with Crippen LogP contribution in [0.2, 0.25) is 0 Å². The van der Waals surface area contributed by atoms with Crippen LogP contribution in [-0.4, -0.2) is 40.2 Å². The molecule has 1 aromatic carbocycles. The minimum absolute atomic E-state index is 0.133. The highest BCUT2D eigenvalue weighted by Gasteiger charge is 2.27. The van der Waals surface area contributed by atoms with E-state index in [0.717, 1.165) is 31.7 Å². The number of nitrogens with zero attached hydrogens (tertiary/aromatic N) is 3. The summed E-state index contributed by atoms with van der Waals surface area (Å²) in [6.45, 7) is 2.45. The SMILES string of the molecule is Cn1nccc1CCC(=O)N1CCNCC1c1ccccc1.